The van der Waals surface area contributed by atoms with Crippen molar-refractivity contribution < 1.29 is 23.0 Å². The molecule has 0 saturated carbocycles. The first-order valence-corrected chi connectivity index (χ1v) is 11.6. The summed E-state index contributed by atoms with van der Waals surface area (Å²) in [5.41, 5.74) is 0.459. The van der Waals surface area contributed by atoms with Gasteiger partial charge in [-0.05, 0) is 45.7 Å². The number of aromatic nitrogens is 2. The average Bonchev–Trinajstić information content (AvgIpc) is 2.83. The number of carbonyl (C=O) groups is 1. The number of anilines is 1. The Morgan fingerprint density at radius 2 is 1.89 bits per heavy atom. The number of likely N-dealkylation sites (tertiary alicyclic amines) is 1. The minimum atomic E-state index is -2.59. The molecule has 0 radical (unpaired) electrons. The van der Waals surface area contributed by atoms with Gasteiger partial charge in [-0.15, -0.1) is 10.2 Å². The van der Waals surface area contributed by atoms with Gasteiger partial charge in [-0.25, -0.2) is 13.6 Å². The van der Waals surface area contributed by atoms with Crippen molar-refractivity contribution in [3.63, 3.8) is 0 Å². The van der Waals surface area contributed by atoms with E-state index in [1.54, 1.807) is 11.0 Å². The molecule has 2 heterocycles. The predicted molar refractivity (Wildman–Crippen MR) is 131 cm³/mol. The molecule has 1 amide bonds. The third-order valence-corrected chi connectivity index (χ3v) is 5.83. The van der Waals surface area contributed by atoms with E-state index in [0.29, 0.717) is 35.9 Å². The molecule has 7 nitrogen and oxygen atoms in total. The molecule has 0 aliphatic carbocycles. The van der Waals surface area contributed by atoms with Crippen molar-refractivity contribution in [3.8, 4) is 17.0 Å². The standard InChI is InChI=1S/C26H30F2N4O3/c1-26(2,3)35-25(33)32-13-7-8-17(15-32)29-24-19-10-6-5-9-18(19)22(30-31-24)20-12-11-16(23(27)28)14-21(20)34-4/h5-6,9-12,14,17,23H,7-8,13,15H2,1-4H3,(H,29,31). The zero-order valence-corrected chi connectivity index (χ0v) is 20.3. The van der Waals surface area contributed by atoms with Crippen LogP contribution in [0.2, 0.25) is 0 Å². The van der Waals surface area contributed by atoms with Crippen molar-refractivity contribution in [1.29, 1.82) is 0 Å². The number of nitrogens with one attached hydrogen (secondary N) is 1. The van der Waals surface area contributed by atoms with Gasteiger partial charge in [0.05, 0.1) is 7.11 Å². The molecule has 1 N–H and O–H groups in total. The monoisotopic (exact) mass is 484 g/mol. The number of hydrogen-bond donors (Lipinski definition) is 1. The lowest BCUT2D eigenvalue weighted by Crippen LogP contribution is -2.47. The summed E-state index contributed by atoms with van der Waals surface area (Å²) in [7, 11) is 1.44. The van der Waals surface area contributed by atoms with E-state index in [1.807, 2.05) is 45.0 Å². The summed E-state index contributed by atoms with van der Waals surface area (Å²) >= 11 is 0. The molecular formula is C26H30F2N4O3. The Morgan fingerprint density at radius 1 is 1.14 bits per heavy atom. The van der Waals surface area contributed by atoms with Crippen LogP contribution < -0.4 is 10.1 Å². The molecule has 2 aromatic carbocycles. The maximum atomic E-state index is 13.2. The molecule has 3 aromatic rings. The van der Waals surface area contributed by atoms with E-state index >= 15 is 0 Å². The molecule has 35 heavy (non-hydrogen) atoms. The molecule has 1 aliphatic heterocycles. The van der Waals surface area contributed by atoms with E-state index in [2.05, 4.69) is 15.5 Å². The van der Waals surface area contributed by atoms with Crippen molar-refractivity contribution >= 4 is 22.7 Å². The smallest absolute Gasteiger partial charge is 0.410 e. The predicted octanol–water partition coefficient (Wildman–Crippen LogP) is 6.05. The summed E-state index contributed by atoms with van der Waals surface area (Å²) in [4.78, 5) is 14.3. The number of hydrogen-bond acceptors (Lipinski definition) is 6. The Hall–Kier alpha value is -3.49. The van der Waals surface area contributed by atoms with E-state index in [0.717, 1.165) is 23.6 Å². The van der Waals surface area contributed by atoms with Crippen LogP contribution >= 0.6 is 0 Å². The molecule has 0 bridgehead atoms. The number of rotatable bonds is 5. The zero-order valence-electron chi connectivity index (χ0n) is 20.3. The van der Waals surface area contributed by atoms with Gasteiger partial charge in [-0.3, -0.25) is 0 Å². The quantitative estimate of drug-likeness (QED) is 0.475. The normalized spacial score (nSPS) is 16.4. The van der Waals surface area contributed by atoms with Gasteiger partial charge in [0.2, 0.25) is 0 Å². The van der Waals surface area contributed by atoms with Gasteiger partial charge in [-0.1, -0.05) is 30.3 Å². The molecule has 1 aliphatic rings. The number of ether oxygens (including phenoxy) is 2. The fourth-order valence-electron chi connectivity index (χ4n) is 4.23. The van der Waals surface area contributed by atoms with Crippen LogP contribution in [0.15, 0.2) is 42.5 Å². The van der Waals surface area contributed by atoms with Gasteiger partial charge in [0.25, 0.3) is 6.43 Å². The van der Waals surface area contributed by atoms with E-state index in [1.165, 1.54) is 19.2 Å². The molecule has 1 aromatic heterocycles. The van der Waals surface area contributed by atoms with Crippen molar-refractivity contribution in [1.82, 2.24) is 15.1 Å². The molecular weight excluding hydrogens is 454 g/mol. The lowest BCUT2D eigenvalue weighted by atomic mass is 10.0. The van der Waals surface area contributed by atoms with Crippen molar-refractivity contribution in [2.45, 2.75) is 51.7 Å². The van der Waals surface area contributed by atoms with Gasteiger partial charge < -0.3 is 19.7 Å². The van der Waals surface area contributed by atoms with E-state index in [-0.39, 0.29) is 17.7 Å². The summed E-state index contributed by atoms with van der Waals surface area (Å²) in [6.45, 7) is 6.69. The number of alkyl halides is 2. The van der Waals surface area contributed by atoms with Crippen LogP contribution in [0.5, 0.6) is 5.75 Å². The zero-order chi connectivity index (χ0) is 25.2. The van der Waals surface area contributed by atoms with Crippen LogP contribution in [0.4, 0.5) is 19.4 Å². The number of nitrogens with zero attached hydrogens (tertiary/aromatic N) is 3. The number of benzene rings is 2. The fraction of sp³-hybridized carbons (Fsp3) is 0.423. The maximum Gasteiger partial charge on any atom is 0.410 e. The number of piperidine rings is 1. The van der Waals surface area contributed by atoms with E-state index < -0.39 is 12.0 Å². The Kier molecular flexibility index (Phi) is 7.05. The van der Waals surface area contributed by atoms with Crippen molar-refractivity contribution in [2.75, 3.05) is 25.5 Å². The molecule has 0 spiro atoms. The minimum absolute atomic E-state index is 0.0142. The maximum absolute atomic E-state index is 13.2. The number of carbonyl (C=O) groups excluding carboxylic acids is 1. The van der Waals surface area contributed by atoms with Crippen LogP contribution in [-0.2, 0) is 4.74 Å². The number of halogens is 2. The largest absolute Gasteiger partial charge is 0.496 e. The minimum Gasteiger partial charge on any atom is -0.496 e. The molecule has 9 heteroatoms. The Balaban J connectivity index is 1.62. The third-order valence-electron chi connectivity index (χ3n) is 5.83. The van der Waals surface area contributed by atoms with Crippen LogP contribution in [0.25, 0.3) is 22.0 Å². The highest BCUT2D eigenvalue weighted by molar-refractivity contribution is 6.01. The highest BCUT2D eigenvalue weighted by atomic mass is 19.3. The summed E-state index contributed by atoms with van der Waals surface area (Å²) < 4.78 is 37.3. The van der Waals surface area contributed by atoms with Crippen LogP contribution in [0.1, 0.15) is 45.6 Å². The highest BCUT2D eigenvalue weighted by Crippen LogP contribution is 2.37. The second-order valence-electron chi connectivity index (χ2n) is 9.61. The summed E-state index contributed by atoms with van der Waals surface area (Å²) in [6, 6.07) is 11.9. The van der Waals surface area contributed by atoms with Crippen LogP contribution in [0, 0.1) is 0 Å². The fourth-order valence-corrected chi connectivity index (χ4v) is 4.23. The average molecular weight is 485 g/mol. The second-order valence-corrected chi connectivity index (χ2v) is 9.61. The topological polar surface area (TPSA) is 76.6 Å². The van der Waals surface area contributed by atoms with E-state index in [4.69, 9.17) is 9.47 Å². The Labute approximate surface area is 203 Å². The summed E-state index contributed by atoms with van der Waals surface area (Å²) in [5, 5.41) is 14.0. The van der Waals surface area contributed by atoms with Gasteiger partial charge in [-0.2, -0.15) is 0 Å². The Morgan fingerprint density at radius 3 is 2.57 bits per heavy atom. The number of fused-ring (bicyclic) bond motifs is 1. The van der Waals surface area contributed by atoms with Crippen molar-refractivity contribution in [2.24, 2.45) is 0 Å². The third kappa shape index (κ3) is 5.61. The van der Waals surface area contributed by atoms with Gasteiger partial charge >= 0.3 is 6.09 Å². The van der Waals surface area contributed by atoms with Crippen molar-refractivity contribution in [3.05, 3.63) is 48.0 Å². The number of amides is 1. The van der Waals surface area contributed by atoms with Gasteiger partial charge in [0, 0.05) is 41.0 Å². The molecule has 4 rings (SSSR count). The van der Waals surface area contributed by atoms with Crippen LogP contribution in [0.3, 0.4) is 0 Å². The highest BCUT2D eigenvalue weighted by Gasteiger charge is 2.28. The summed E-state index contributed by atoms with van der Waals surface area (Å²) in [6.07, 6.45) is -1.20. The Bertz CT molecular complexity index is 1210. The second kappa shape index (κ2) is 10.0. The van der Waals surface area contributed by atoms with Crippen LogP contribution in [-0.4, -0.2) is 53.0 Å². The lowest BCUT2D eigenvalue weighted by Gasteiger charge is -2.34. The SMILES string of the molecule is COc1cc(C(F)F)ccc1-c1nnc(NC2CCCN(C(=O)OC(C)(C)C)C2)c2ccccc12. The molecule has 186 valence electrons. The first-order valence-electron chi connectivity index (χ1n) is 11.6. The number of methoxy groups -OCH3 is 1. The molecule has 1 fully saturated rings. The van der Waals surface area contributed by atoms with Gasteiger partial charge in [0.15, 0.2) is 5.82 Å². The van der Waals surface area contributed by atoms with Gasteiger partial charge in [0.1, 0.15) is 17.0 Å². The lowest BCUT2D eigenvalue weighted by molar-refractivity contribution is 0.0206. The molecule has 1 unspecified atom stereocenters. The first kappa shape index (κ1) is 24.6. The van der Waals surface area contributed by atoms with E-state index in [9.17, 15) is 13.6 Å². The summed E-state index contributed by atoms with van der Waals surface area (Å²) in [5.74, 6) is 0.909. The molecule has 1 saturated heterocycles. The molecule has 1 atom stereocenters. The first-order chi connectivity index (χ1) is 16.7.